The van der Waals surface area contributed by atoms with E-state index in [1.165, 1.54) is 6.26 Å². The number of nitrogens with zero attached hydrogens (tertiary/aromatic N) is 3. The van der Waals surface area contributed by atoms with E-state index in [4.69, 9.17) is 4.42 Å². The molecule has 1 aromatic heterocycles. The molecule has 1 saturated heterocycles. The van der Waals surface area contributed by atoms with Crippen molar-refractivity contribution in [2.24, 2.45) is 4.99 Å². The molecule has 10 heteroatoms. The molecule has 1 fully saturated rings. The summed E-state index contributed by atoms with van der Waals surface area (Å²) in [5.74, 6) is 0.934. The number of piperazine rings is 1. The first-order valence-corrected chi connectivity index (χ1v) is 10.9. The summed E-state index contributed by atoms with van der Waals surface area (Å²) in [6, 6.07) is 3.36. The van der Waals surface area contributed by atoms with Crippen molar-refractivity contribution >= 4 is 45.7 Å². The molecule has 0 radical (unpaired) electrons. The number of hydrogen-bond acceptors (Lipinski definition) is 5. The molecule has 0 bridgehead atoms. The standard InChI is InChI=1S/C18H30N4O4S.HI/c1-5-19-17(20-8-14-27(24,25)18(2,3)4)22-11-9-21(10-12-22)16(23)15-7-6-13-26-15;/h6-7,13H,5,8-12,14H2,1-4H3,(H,19,20);1H. The third-order valence-electron chi connectivity index (χ3n) is 4.49. The van der Waals surface area contributed by atoms with Crippen molar-refractivity contribution in [3.05, 3.63) is 24.2 Å². The molecule has 28 heavy (non-hydrogen) atoms. The summed E-state index contributed by atoms with van der Waals surface area (Å²) in [5, 5.41) is 3.21. The van der Waals surface area contributed by atoms with Gasteiger partial charge in [0.25, 0.3) is 5.91 Å². The SMILES string of the molecule is CCNC(=NCCS(=O)(=O)C(C)(C)C)N1CCN(C(=O)c2ccco2)CC1.I. The molecule has 0 unspecified atom stereocenters. The van der Waals surface area contributed by atoms with Crippen LogP contribution in [-0.2, 0) is 9.84 Å². The molecule has 1 aromatic rings. The molecule has 1 aliphatic heterocycles. The van der Waals surface area contributed by atoms with Crippen LogP contribution in [0, 0.1) is 0 Å². The fourth-order valence-electron chi connectivity index (χ4n) is 2.68. The van der Waals surface area contributed by atoms with E-state index in [0.717, 1.165) is 0 Å². The maximum Gasteiger partial charge on any atom is 0.289 e. The van der Waals surface area contributed by atoms with E-state index in [1.807, 2.05) is 6.92 Å². The molecule has 1 aliphatic rings. The predicted octanol–water partition coefficient (Wildman–Crippen LogP) is 1.83. The second-order valence-corrected chi connectivity index (χ2v) is 10.3. The number of aliphatic imine (C=N–C) groups is 1. The molecule has 8 nitrogen and oxygen atoms in total. The quantitative estimate of drug-likeness (QED) is 0.358. The summed E-state index contributed by atoms with van der Waals surface area (Å²) in [6.07, 6.45) is 1.49. The van der Waals surface area contributed by atoms with Crippen molar-refractivity contribution in [2.75, 3.05) is 45.0 Å². The van der Waals surface area contributed by atoms with Crippen LogP contribution in [0.15, 0.2) is 27.8 Å². The minimum atomic E-state index is -3.20. The Morgan fingerprint density at radius 1 is 1.21 bits per heavy atom. The number of nitrogens with one attached hydrogen (secondary N) is 1. The van der Waals surface area contributed by atoms with Crippen LogP contribution in [0.4, 0.5) is 0 Å². The summed E-state index contributed by atoms with van der Waals surface area (Å²) in [4.78, 5) is 20.6. The fraction of sp³-hybridized carbons (Fsp3) is 0.667. The largest absolute Gasteiger partial charge is 0.459 e. The zero-order valence-corrected chi connectivity index (χ0v) is 20.1. The van der Waals surface area contributed by atoms with Gasteiger partial charge < -0.3 is 19.5 Å². The highest BCUT2D eigenvalue weighted by Gasteiger charge is 2.29. The van der Waals surface area contributed by atoms with Crippen LogP contribution in [0.5, 0.6) is 0 Å². The van der Waals surface area contributed by atoms with E-state index < -0.39 is 14.6 Å². The maximum absolute atomic E-state index is 12.3. The Morgan fingerprint density at radius 2 is 1.82 bits per heavy atom. The van der Waals surface area contributed by atoms with Gasteiger partial charge >= 0.3 is 0 Å². The molecule has 1 N–H and O–H groups in total. The first-order valence-electron chi connectivity index (χ1n) is 9.24. The van der Waals surface area contributed by atoms with Crippen molar-refractivity contribution in [2.45, 2.75) is 32.4 Å². The van der Waals surface area contributed by atoms with Gasteiger partial charge in [0.1, 0.15) is 0 Å². The monoisotopic (exact) mass is 526 g/mol. The maximum atomic E-state index is 12.3. The minimum absolute atomic E-state index is 0. The molecule has 2 rings (SSSR count). The van der Waals surface area contributed by atoms with Crippen molar-refractivity contribution in [3.63, 3.8) is 0 Å². The van der Waals surface area contributed by atoms with Gasteiger partial charge in [0.2, 0.25) is 0 Å². The van der Waals surface area contributed by atoms with E-state index in [1.54, 1.807) is 37.8 Å². The Bertz CT molecular complexity index is 749. The van der Waals surface area contributed by atoms with Crippen LogP contribution < -0.4 is 5.32 Å². The second kappa shape index (κ2) is 10.5. The van der Waals surface area contributed by atoms with Gasteiger partial charge in [0.15, 0.2) is 21.6 Å². The summed E-state index contributed by atoms with van der Waals surface area (Å²) in [6.45, 7) is 10.4. The Balaban J connectivity index is 0.00000392. The zero-order chi connectivity index (χ0) is 20.1. The van der Waals surface area contributed by atoms with E-state index >= 15 is 0 Å². The first kappa shape index (κ1) is 24.7. The van der Waals surface area contributed by atoms with E-state index in [-0.39, 0.29) is 42.2 Å². The van der Waals surface area contributed by atoms with Crippen molar-refractivity contribution in [3.8, 4) is 0 Å². The normalized spacial score (nSPS) is 15.9. The summed E-state index contributed by atoms with van der Waals surface area (Å²) in [5.41, 5.74) is 0. The topological polar surface area (TPSA) is 95.2 Å². The number of guanidine groups is 1. The average molecular weight is 526 g/mol. The van der Waals surface area contributed by atoms with E-state index in [2.05, 4.69) is 15.2 Å². The summed E-state index contributed by atoms with van der Waals surface area (Å²) < 4.78 is 28.9. The first-order chi connectivity index (χ1) is 12.7. The number of sulfone groups is 1. The number of furan rings is 1. The van der Waals surface area contributed by atoms with Gasteiger partial charge in [-0.15, -0.1) is 24.0 Å². The molecular formula is C18H31IN4O4S. The van der Waals surface area contributed by atoms with Crippen molar-refractivity contribution in [1.82, 2.24) is 15.1 Å². The Kier molecular flexibility index (Phi) is 9.25. The predicted molar refractivity (Wildman–Crippen MR) is 121 cm³/mol. The lowest BCUT2D eigenvalue weighted by Gasteiger charge is -2.36. The Labute approximate surface area is 184 Å². The third kappa shape index (κ3) is 6.36. The molecule has 0 spiro atoms. The van der Waals surface area contributed by atoms with Gasteiger partial charge in [-0.1, -0.05) is 0 Å². The molecule has 0 aromatic carbocycles. The van der Waals surface area contributed by atoms with Crippen LogP contribution in [0.25, 0.3) is 0 Å². The van der Waals surface area contributed by atoms with Crippen LogP contribution in [-0.4, -0.2) is 79.9 Å². The van der Waals surface area contributed by atoms with E-state index in [9.17, 15) is 13.2 Å². The van der Waals surface area contributed by atoms with Gasteiger partial charge in [-0.3, -0.25) is 9.79 Å². The highest BCUT2D eigenvalue weighted by Crippen LogP contribution is 2.15. The molecule has 0 aliphatic carbocycles. The number of halogens is 1. The van der Waals surface area contributed by atoms with Gasteiger partial charge in [-0.05, 0) is 39.8 Å². The molecule has 2 heterocycles. The lowest BCUT2D eigenvalue weighted by atomic mass is 10.3. The highest BCUT2D eigenvalue weighted by atomic mass is 127. The van der Waals surface area contributed by atoms with Gasteiger partial charge in [-0.2, -0.15) is 0 Å². The molecular weight excluding hydrogens is 495 g/mol. The molecule has 160 valence electrons. The lowest BCUT2D eigenvalue weighted by molar-refractivity contribution is 0.0657. The Morgan fingerprint density at radius 3 is 2.32 bits per heavy atom. The molecule has 1 amide bonds. The van der Waals surface area contributed by atoms with Gasteiger partial charge in [0, 0.05) is 32.7 Å². The second-order valence-electron chi connectivity index (χ2n) is 7.42. The number of carbonyl (C=O) groups excluding carboxylic acids is 1. The molecule has 0 atom stereocenters. The smallest absolute Gasteiger partial charge is 0.289 e. The third-order valence-corrected chi connectivity index (χ3v) is 7.07. The van der Waals surface area contributed by atoms with Gasteiger partial charge in [0.05, 0.1) is 23.3 Å². The van der Waals surface area contributed by atoms with E-state index in [0.29, 0.717) is 44.4 Å². The number of rotatable bonds is 5. The minimum Gasteiger partial charge on any atom is -0.459 e. The van der Waals surface area contributed by atoms with Crippen LogP contribution >= 0.6 is 24.0 Å². The number of hydrogen-bond donors (Lipinski definition) is 1. The lowest BCUT2D eigenvalue weighted by Crippen LogP contribution is -2.53. The number of carbonyl (C=O) groups is 1. The fourth-order valence-corrected chi connectivity index (χ4v) is 3.63. The average Bonchev–Trinajstić information content (AvgIpc) is 3.14. The van der Waals surface area contributed by atoms with Crippen molar-refractivity contribution in [1.29, 1.82) is 0 Å². The van der Waals surface area contributed by atoms with Crippen LogP contribution in [0.1, 0.15) is 38.2 Å². The molecule has 0 saturated carbocycles. The van der Waals surface area contributed by atoms with Crippen molar-refractivity contribution < 1.29 is 17.6 Å². The number of amides is 1. The zero-order valence-electron chi connectivity index (χ0n) is 17.0. The van der Waals surface area contributed by atoms with Crippen LogP contribution in [0.2, 0.25) is 0 Å². The highest BCUT2D eigenvalue weighted by molar-refractivity contribution is 14.0. The Hall–Kier alpha value is -1.30. The van der Waals surface area contributed by atoms with Crippen LogP contribution in [0.3, 0.4) is 0 Å². The summed E-state index contributed by atoms with van der Waals surface area (Å²) in [7, 11) is -3.20. The summed E-state index contributed by atoms with van der Waals surface area (Å²) >= 11 is 0. The van der Waals surface area contributed by atoms with Gasteiger partial charge in [-0.25, -0.2) is 8.42 Å².